The van der Waals surface area contributed by atoms with Gasteiger partial charge in [0, 0.05) is 22.0 Å². The molecule has 1 aliphatic rings. The van der Waals surface area contributed by atoms with Gasteiger partial charge >= 0.3 is 0 Å². The smallest absolute Gasteiger partial charge is 0.145 e. The summed E-state index contributed by atoms with van der Waals surface area (Å²) in [6.07, 6.45) is 5.21. The number of aliphatic imine (C=N–C) groups is 1. The molecule has 160 valence electrons. The fraction of sp³-hybridized carbons (Fsp3) is 0.233. The van der Waals surface area contributed by atoms with Crippen LogP contribution in [0.4, 0.5) is 0 Å². The van der Waals surface area contributed by atoms with Crippen molar-refractivity contribution in [2.45, 2.75) is 47.0 Å². The van der Waals surface area contributed by atoms with Crippen LogP contribution in [-0.2, 0) is 6.42 Å². The average molecular weight is 420 g/mol. The molecule has 0 atom stereocenters. The summed E-state index contributed by atoms with van der Waals surface area (Å²) >= 11 is 0. The van der Waals surface area contributed by atoms with Gasteiger partial charge in [0.05, 0.1) is 5.71 Å². The van der Waals surface area contributed by atoms with Crippen LogP contribution in [0.3, 0.4) is 0 Å². The van der Waals surface area contributed by atoms with E-state index in [2.05, 4.69) is 88.4 Å². The molecule has 2 heteroatoms. The Bertz CT molecular complexity index is 1410. The molecule has 0 aliphatic carbocycles. The predicted molar refractivity (Wildman–Crippen MR) is 136 cm³/mol. The van der Waals surface area contributed by atoms with Gasteiger partial charge in [0.2, 0.25) is 0 Å². The maximum Gasteiger partial charge on any atom is 0.145 e. The molecule has 0 unspecified atom stereocenters. The molecule has 0 amide bonds. The molecule has 3 aromatic carbocycles. The molecule has 0 bridgehead atoms. The second-order valence-corrected chi connectivity index (χ2v) is 9.03. The molecule has 4 aromatic rings. The van der Waals surface area contributed by atoms with Gasteiger partial charge in [-0.15, -0.1) is 0 Å². The molecule has 5 rings (SSSR count). The fourth-order valence-electron chi connectivity index (χ4n) is 4.69. The molecule has 0 saturated carbocycles. The summed E-state index contributed by atoms with van der Waals surface area (Å²) in [4.78, 5) is 5.17. The van der Waals surface area contributed by atoms with E-state index in [9.17, 15) is 0 Å². The second kappa shape index (κ2) is 8.27. The zero-order valence-corrected chi connectivity index (χ0v) is 19.3. The molecular weight excluding hydrogens is 390 g/mol. The number of nitrogens with zero attached hydrogens (tertiary/aromatic N) is 1. The number of furan rings is 1. The van der Waals surface area contributed by atoms with E-state index in [1.54, 1.807) is 0 Å². The largest absolute Gasteiger partial charge is 0.455 e. The van der Waals surface area contributed by atoms with Gasteiger partial charge in [0.1, 0.15) is 11.2 Å². The van der Waals surface area contributed by atoms with Gasteiger partial charge < -0.3 is 4.42 Å². The highest BCUT2D eigenvalue weighted by atomic mass is 16.3. The second-order valence-electron chi connectivity index (χ2n) is 9.03. The van der Waals surface area contributed by atoms with E-state index in [1.807, 2.05) is 6.07 Å². The van der Waals surface area contributed by atoms with Crippen LogP contribution in [0, 0.1) is 0 Å². The minimum Gasteiger partial charge on any atom is -0.455 e. The van der Waals surface area contributed by atoms with Crippen LogP contribution in [0.25, 0.3) is 33.1 Å². The maximum absolute atomic E-state index is 6.58. The van der Waals surface area contributed by atoms with E-state index in [0.29, 0.717) is 0 Å². The number of hydrogen-bond donors (Lipinski definition) is 0. The lowest BCUT2D eigenvalue weighted by Gasteiger charge is -2.08. The third-order valence-electron chi connectivity index (χ3n) is 6.21. The monoisotopic (exact) mass is 419 g/mol. The lowest BCUT2D eigenvalue weighted by molar-refractivity contribution is 0.667. The molecule has 0 saturated heterocycles. The van der Waals surface area contributed by atoms with Crippen LogP contribution in [0.2, 0.25) is 0 Å². The first-order valence-electron chi connectivity index (χ1n) is 11.5. The molecular formula is C30H29NO. The van der Waals surface area contributed by atoms with Gasteiger partial charge in [-0.25, -0.2) is 0 Å². The van der Waals surface area contributed by atoms with Gasteiger partial charge in [0.25, 0.3) is 0 Å². The highest BCUT2D eigenvalue weighted by Crippen LogP contribution is 2.37. The first-order valence-corrected chi connectivity index (χ1v) is 11.5. The van der Waals surface area contributed by atoms with Crippen LogP contribution < -0.4 is 0 Å². The van der Waals surface area contributed by atoms with Gasteiger partial charge in [-0.1, -0.05) is 67.4 Å². The van der Waals surface area contributed by atoms with E-state index in [4.69, 9.17) is 9.41 Å². The van der Waals surface area contributed by atoms with E-state index < -0.39 is 0 Å². The van der Waals surface area contributed by atoms with Crippen LogP contribution in [-0.4, -0.2) is 5.71 Å². The summed E-state index contributed by atoms with van der Waals surface area (Å²) in [5, 5.41) is 2.31. The Hall–Kier alpha value is -3.39. The van der Waals surface area contributed by atoms with Crippen molar-refractivity contribution in [2.75, 3.05) is 0 Å². The SMILES string of the molecule is CCCC1=C(C)Cc2ccc3c(oc4cc(-c5ccccc5)ccc43)c2C(C=C(C)C)=N1. The highest BCUT2D eigenvalue weighted by Gasteiger charge is 2.22. The van der Waals surface area contributed by atoms with Gasteiger partial charge in [-0.3, -0.25) is 4.99 Å². The fourth-order valence-corrected chi connectivity index (χ4v) is 4.69. The summed E-state index contributed by atoms with van der Waals surface area (Å²) in [6, 6.07) is 21.5. The summed E-state index contributed by atoms with van der Waals surface area (Å²) < 4.78 is 6.58. The number of fused-ring (bicyclic) bond motifs is 5. The van der Waals surface area contributed by atoms with Crippen molar-refractivity contribution in [3.8, 4) is 11.1 Å². The predicted octanol–water partition coefficient (Wildman–Crippen LogP) is 8.64. The minimum atomic E-state index is 0.913. The molecule has 1 aliphatic heterocycles. The molecule has 0 fully saturated rings. The van der Waals surface area contributed by atoms with E-state index in [0.717, 1.165) is 52.5 Å². The lowest BCUT2D eigenvalue weighted by Crippen LogP contribution is -2.02. The van der Waals surface area contributed by atoms with Crippen molar-refractivity contribution in [1.29, 1.82) is 0 Å². The number of rotatable bonds is 4. The summed E-state index contributed by atoms with van der Waals surface area (Å²) in [5.74, 6) is 0. The third kappa shape index (κ3) is 3.60. The molecule has 1 aromatic heterocycles. The molecule has 0 spiro atoms. The van der Waals surface area contributed by atoms with E-state index >= 15 is 0 Å². The maximum atomic E-state index is 6.58. The van der Waals surface area contributed by atoms with Crippen molar-refractivity contribution in [3.05, 3.63) is 94.7 Å². The summed E-state index contributed by atoms with van der Waals surface area (Å²) in [7, 11) is 0. The van der Waals surface area contributed by atoms with Crippen molar-refractivity contribution in [2.24, 2.45) is 4.99 Å². The van der Waals surface area contributed by atoms with Crippen molar-refractivity contribution in [1.82, 2.24) is 0 Å². The highest BCUT2D eigenvalue weighted by molar-refractivity contribution is 6.20. The zero-order valence-electron chi connectivity index (χ0n) is 19.3. The molecule has 2 nitrogen and oxygen atoms in total. The third-order valence-corrected chi connectivity index (χ3v) is 6.21. The quantitative estimate of drug-likeness (QED) is 0.325. The van der Waals surface area contributed by atoms with Crippen molar-refractivity contribution in [3.63, 3.8) is 0 Å². The first kappa shape index (κ1) is 20.5. The summed E-state index contributed by atoms with van der Waals surface area (Å²) in [6.45, 7) is 8.71. The Morgan fingerprint density at radius 2 is 1.75 bits per heavy atom. The minimum absolute atomic E-state index is 0.913. The van der Waals surface area contributed by atoms with Crippen LogP contribution in [0.5, 0.6) is 0 Å². The van der Waals surface area contributed by atoms with Crippen LogP contribution >= 0.6 is 0 Å². The van der Waals surface area contributed by atoms with Crippen molar-refractivity contribution >= 4 is 27.7 Å². The summed E-state index contributed by atoms with van der Waals surface area (Å²) in [5.41, 5.74) is 11.5. The number of benzene rings is 3. The van der Waals surface area contributed by atoms with E-state index in [-0.39, 0.29) is 0 Å². The average Bonchev–Trinajstić information content (AvgIpc) is 3.10. The number of allylic oxidation sites excluding steroid dienone is 4. The normalized spacial score (nSPS) is 13.8. The van der Waals surface area contributed by atoms with Gasteiger partial charge in [0.15, 0.2) is 0 Å². The Labute approximate surface area is 190 Å². The first-order chi connectivity index (χ1) is 15.5. The Morgan fingerprint density at radius 3 is 2.50 bits per heavy atom. The molecule has 0 N–H and O–H groups in total. The topological polar surface area (TPSA) is 25.5 Å². The Kier molecular flexibility index (Phi) is 5.30. The zero-order chi connectivity index (χ0) is 22.2. The molecule has 32 heavy (non-hydrogen) atoms. The standard InChI is InChI=1S/C30H29NO/c1-5-9-26-20(4)17-23-13-15-25-24-14-12-22(21-10-7-6-8-11-21)18-28(24)32-30(25)29(23)27(31-26)16-19(2)3/h6-8,10-16,18H,5,9,17H2,1-4H3. The van der Waals surface area contributed by atoms with Crippen LogP contribution in [0.15, 0.2) is 93.0 Å². The van der Waals surface area contributed by atoms with Crippen LogP contribution in [0.1, 0.15) is 51.7 Å². The van der Waals surface area contributed by atoms with Gasteiger partial charge in [-0.05, 0) is 74.1 Å². The van der Waals surface area contributed by atoms with Crippen molar-refractivity contribution < 1.29 is 4.42 Å². The Morgan fingerprint density at radius 1 is 0.969 bits per heavy atom. The van der Waals surface area contributed by atoms with Gasteiger partial charge in [-0.2, -0.15) is 0 Å². The molecule has 2 heterocycles. The molecule has 0 radical (unpaired) electrons. The Balaban J connectivity index is 1.76. The number of hydrogen-bond acceptors (Lipinski definition) is 2. The van der Waals surface area contributed by atoms with E-state index in [1.165, 1.54) is 33.5 Å². The lowest BCUT2D eigenvalue weighted by atomic mass is 9.94.